The van der Waals surface area contributed by atoms with Crippen LogP contribution in [0.25, 0.3) is 0 Å². The van der Waals surface area contributed by atoms with Gasteiger partial charge in [-0.3, -0.25) is 10.1 Å². The number of carbonyl (C=O) groups excluding carboxylic acids is 1. The van der Waals surface area contributed by atoms with Crippen molar-refractivity contribution in [3.63, 3.8) is 0 Å². The van der Waals surface area contributed by atoms with Gasteiger partial charge in [0.15, 0.2) is 5.11 Å². The molecule has 23 heavy (non-hydrogen) atoms. The number of amides is 1. The molecular weight excluding hydrogens is 319 g/mol. The zero-order valence-electron chi connectivity index (χ0n) is 12.1. The number of benzene rings is 2. The monoisotopic (exact) mass is 332 g/mol. The molecule has 0 heterocycles. The molecule has 0 fully saturated rings. The topological polar surface area (TPSA) is 78.4 Å². The van der Waals surface area contributed by atoms with Gasteiger partial charge in [0, 0.05) is 5.69 Å². The van der Waals surface area contributed by atoms with Gasteiger partial charge in [0.2, 0.25) is 0 Å². The zero-order valence-corrected chi connectivity index (χ0v) is 12.9. The van der Waals surface area contributed by atoms with Crippen LogP contribution in [0.2, 0.25) is 0 Å². The number of rotatable bonds is 3. The Morgan fingerprint density at radius 3 is 2.48 bits per heavy atom. The fourth-order valence-electron chi connectivity index (χ4n) is 1.91. The van der Waals surface area contributed by atoms with E-state index < -0.39 is 17.7 Å². The number of carboxylic acid groups (broad SMARTS) is 1. The Hall–Kier alpha value is -2.80. The van der Waals surface area contributed by atoms with Crippen LogP contribution >= 0.6 is 12.2 Å². The van der Waals surface area contributed by atoms with Crippen LogP contribution in [-0.4, -0.2) is 22.1 Å². The smallest absolute Gasteiger partial charge is 0.335 e. The van der Waals surface area contributed by atoms with Crippen LogP contribution in [0, 0.1) is 12.7 Å². The fraction of sp³-hybridized carbons (Fsp3) is 0.0625. The summed E-state index contributed by atoms with van der Waals surface area (Å²) in [6, 6.07) is 9.99. The Labute approximate surface area is 137 Å². The molecule has 0 radical (unpaired) electrons. The van der Waals surface area contributed by atoms with Crippen molar-refractivity contribution < 1.29 is 19.1 Å². The van der Waals surface area contributed by atoms with Crippen LogP contribution in [0.4, 0.5) is 10.1 Å². The van der Waals surface area contributed by atoms with Gasteiger partial charge in [-0.2, -0.15) is 0 Å². The minimum Gasteiger partial charge on any atom is -0.478 e. The SMILES string of the molecule is Cc1cc(C(=O)O)ccc1NC(=S)NC(=O)c1ccccc1F. The van der Waals surface area contributed by atoms with Crippen molar-refractivity contribution in [2.45, 2.75) is 6.92 Å². The van der Waals surface area contributed by atoms with Gasteiger partial charge < -0.3 is 10.4 Å². The molecule has 5 nitrogen and oxygen atoms in total. The predicted octanol–water partition coefficient (Wildman–Crippen LogP) is 2.96. The number of nitrogens with one attached hydrogen (secondary N) is 2. The van der Waals surface area contributed by atoms with Crippen LogP contribution in [0.5, 0.6) is 0 Å². The molecule has 2 aromatic carbocycles. The van der Waals surface area contributed by atoms with E-state index in [0.29, 0.717) is 11.3 Å². The van der Waals surface area contributed by atoms with Crippen molar-refractivity contribution in [3.8, 4) is 0 Å². The molecule has 3 N–H and O–H groups in total. The van der Waals surface area contributed by atoms with E-state index in [2.05, 4.69) is 10.6 Å². The quantitative estimate of drug-likeness (QED) is 0.753. The molecule has 0 unspecified atom stereocenters. The van der Waals surface area contributed by atoms with E-state index in [1.54, 1.807) is 19.1 Å². The maximum atomic E-state index is 13.5. The van der Waals surface area contributed by atoms with Gasteiger partial charge in [0.25, 0.3) is 5.91 Å². The Morgan fingerprint density at radius 2 is 1.87 bits per heavy atom. The van der Waals surface area contributed by atoms with E-state index in [0.717, 1.165) is 0 Å². The molecular formula is C16H13FN2O3S. The van der Waals surface area contributed by atoms with Crippen molar-refractivity contribution in [1.82, 2.24) is 5.32 Å². The minimum absolute atomic E-state index is 0.00979. The number of carbonyl (C=O) groups is 2. The number of anilines is 1. The van der Waals surface area contributed by atoms with E-state index in [4.69, 9.17) is 17.3 Å². The maximum absolute atomic E-state index is 13.5. The molecule has 0 spiro atoms. The molecule has 2 rings (SSSR count). The van der Waals surface area contributed by atoms with Crippen LogP contribution in [-0.2, 0) is 0 Å². The second-order valence-corrected chi connectivity index (χ2v) is 5.13. The van der Waals surface area contributed by atoms with Crippen molar-refractivity contribution in [2.75, 3.05) is 5.32 Å². The number of thiocarbonyl (C=S) groups is 1. The normalized spacial score (nSPS) is 10.0. The summed E-state index contributed by atoms with van der Waals surface area (Å²) in [5.74, 6) is -2.34. The first-order chi connectivity index (χ1) is 10.9. The van der Waals surface area contributed by atoms with E-state index in [1.807, 2.05) is 0 Å². The van der Waals surface area contributed by atoms with Gasteiger partial charge in [0.1, 0.15) is 5.82 Å². The summed E-state index contributed by atoms with van der Waals surface area (Å²) in [6.07, 6.45) is 0. The number of aryl methyl sites for hydroxylation is 1. The Kier molecular flexibility index (Phi) is 5.02. The fourth-order valence-corrected chi connectivity index (χ4v) is 2.11. The Bertz CT molecular complexity index is 793. The molecule has 0 saturated carbocycles. The van der Waals surface area contributed by atoms with Gasteiger partial charge in [-0.1, -0.05) is 12.1 Å². The lowest BCUT2D eigenvalue weighted by molar-refractivity contribution is 0.0696. The second-order valence-electron chi connectivity index (χ2n) is 4.72. The molecule has 0 saturated heterocycles. The number of hydrogen-bond acceptors (Lipinski definition) is 3. The van der Waals surface area contributed by atoms with Crippen LogP contribution < -0.4 is 10.6 Å². The zero-order chi connectivity index (χ0) is 17.0. The molecule has 0 aliphatic heterocycles. The number of hydrogen-bond donors (Lipinski definition) is 3. The van der Waals surface area contributed by atoms with Crippen molar-refractivity contribution in [2.24, 2.45) is 0 Å². The maximum Gasteiger partial charge on any atom is 0.335 e. The Balaban J connectivity index is 2.07. The van der Waals surface area contributed by atoms with Gasteiger partial charge in [-0.25, -0.2) is 9.18 Å². The predicted molar refractivity (Wildman–Crippen MR) is 88.2 cm³/mol. The number of carboxylic acids is 1. The van der Waals surface area contributed by atoms with Crippen LogP contribution in [0.15, 0.2) is 42.5 Å². The molecule has 0 aliphatic rings. The van der Waals surface area contributed by atoms with Gasteiger partial charge >= 0.3 is 5.97 Å². The molecule has 7 heteroatoms. The average molecular weight is 332 g/mol. The second kappa shape index (κ2) is 6.97. The van der Waals surface area contributed by atoms with Crippen LogP contribution in [0.3, 0.4) is 0 Å². The van der Waals surface area contributed by atoms with E-state index in [9.17, 15) is 14.0 Å². The highest BCUT2D eigenvalue weighted by Gasteiger charge is 2.13. The lowest BCUT2D eigenvalue weighted by Crippen LogP contribution is -2.34. The molecule has 1 amide bonds. The summed E-state index contributed by atoms with van der Waals surface area (Å²) in [7, 11) is 0. The lowest BCUT2D eigenvalue weighted by atomic mass is 10.1. The van der Waals surface area contributed by atoms with Crippen LogP contribution in [0.1, 0.15) is 26.3 Å². The van der Waals surface area contributed by atoms with Crippen molar-refractivity contribution >= 4 is 34.9 Å². The highest BCUT2D eigenvalue weighted by atomic mass is 32.1. The minimum atomic E-state index is -1.03. The molecule has 118 valence electrons. The first-order valence-electron chi connectivity index (χ1n) is 6.59. The molecule has 0 bridgehead atoms. The summed E-state index contributed by atoms with van der Waals surface area (Å²) < 4.78 is 13.5. The first-order valence-corrected chi connectivity index (χ1v) is 7.00. The van der Waals surface area contributed by atoms with E-state index in [1.165, 1.54) is 30.3 Å². The third-order valence-corrected chi connectivity index (χ3v) is 3.27. The molecule has 0 aromatic heterocycles. The highest BCUT2D eigenvalue weighted by Crippen LogP contribution is 2.16. The molecule has 2 aromatic rings. The van der Waals surface area contributed by atoms with Gasteiger partial charge in [0.05, 0.1) is 11.1 Å². The third kappa shape index (κ3) is 4.10. The van der Waals surface area contributed by atoms with E-state index >= 15 is 0 Å². The third-order valence-electron chi connectivity index (χ3n) is 3.07. The molecule has 0 aliphatic carbocycles. The Morgan fingerprint density at radius 1 is 1.17 bits per heavy atom. The van der Waals surface area contributed by atoms with E-state index in [-0.39, 0.29) is 16.2 Å². The summed E-state index contributed by atoms with van der Waals surface area (Å²) in [5, 5.41) is 14.1. The number of aromatic carboxylic acids is 1. The summed E-state index contributed by atoms with van der Waals surface area (Å²) >= 11 is 5.02. The first kappa shape index (κ1) is 16.6. The highest BCUT2D eigenvalue weighted by molar-refractivity contribution is 7.80. The molecule has 0 atom stereocenters. The largest absolute Gasteiger partial charge is 0.478 e. The van der Waals surface area contributed by atoms with Crippen molar-refractivity contribution in [1.29, 1.82) is 0 Å². The summed E-state index contributed by atoms with van der Waals surface area (Å²) in [4.78, 5) is 22.8. The lowest BCUT2D eigenvalue weighted by Gasteiger charge is -2.12. The summed E-state index contributed by atoms with van der Waals surface area (Å²) in [5.41, 5.74) is 1.23. The summed E-state index contributed by atoms with van der Waals surface area (Å²) in [6.45, 7) is 1.70. The standard InChI is InChI=1S/C16H13FN2O3S/c1-9-8-10(15(21)22)6-7-13(9)18-16(23)19-14(20)11-4-2-3-5-12(11)17/h2-8H,1H3,(H,21,22)(H2,18,19,20,23). The van der Waals surface area contributed by atoms with Crippen molar-refractivity contribution in [3.05, 3.63) is 65.0 Å². The van der Waals surface area contributed by atoms with Gasteiger partial charge in [-0.05, 0) is 55.0 Å². The number of halogens is 1. The average Bonchev–Trinajstić information content (AvgIpc) is 2.49. The van der Waals surface area contributed by atoms with Gasteiger partial charge in [-0.15, -0.1) is 0 Å².